The summed E-state index contributed by atoms with van der Waals surface area (Å²) in [4.78, 5) is 21.1. The molecule has 1 aromatic heterocycles. The normalized spacial score (nSPS) is 16.0. The van der Waals surface area contributed by atoms with Crippen LogP contribution in [0, 0.1) is 5.92 Å². The van der Waals surface area contributed by atoms with Gasteiger partial charge in [-0.1, -0.05) is 28.9 Å². The molecule has 7 heteroatoms. The Bertz CT molecular complexity index is 737. The summed E-state index contributed by atoms with van der Waals surface area (Å²) in [7, 11) is 0. The van der Waals surface area contributed by atoms with Gasteiger partial charge in [-0.3, -0.25) is 9.69 Å². The second-order valence-corrected chi connectivity index (χ2v) is 7.02. The molecule has 0 radical (unpaired) electrons. The third-order valence-electron chi connectivity index (χ3n) is 4.92. The number of piperidine rings is 1. The molecule has 0 spiro atoms. The lowest BCUT2D eigenvalue weighted by Crippen LogP contribution is -2.42. The first-order valence-corrected chi connectivity index (χ1v) is 9.58. The van der Waals surface area contributed by atoms with E-state index in [0.29, 0.717) is 23.3 Å². The predicted molar refractivity (Wildman–Crippen MR) is 101 cm³/mol. The van der Waals surface area contributed by atoms with E-state index < -0.39 is 0 Å². The number of rotatable bonds is 6. The van der Waals surface area contributed by atoms with Gasteiger partial charge in [0.1, 0.15) is 0 Å². The van der Waals surface area contributed by atoms with Gasteiger partial charge in [0, 0.05) is 29.6 Å². The molecule has 2 aromatic rings. The fourth-order valence-electron chi connectivity index (χ4n) is 3.39. The average molecular weight is 377 g/mol. The van der Waals surface area contributed by atoms with E-state index in [-0.39, 0.29) is 11.8 Å². The lowest BCUT2D eigenvalue weighted by Gasteiger charge is -2.32. The van der Waals surface area contributed by atoms with Crippen molar-refractivity contribution in [3.63, 3.8) is 0 Å². The van der Waals surface area contributed by atoms with Crippen molar-refractivity contribution in [1.29, 1.82) is 0 Å². The number of carbonyl (C=O) groups is 1. The van der Waals surface area contributed by atoms with E-state index in [0.717, 1.165) is 44.6 Å². The van der Waals surface area contributed by atoms with E-state index in [1.165, 1.54) is 0 Å². The summed E-state index contributed by atoms with van der Waals surface area (Å²) in [5.41, 5.74) is 0.844. The fourth-order valence-corrected chi connectivity index (χ4v) is 3.58. The standard InChI is InChI=1S/C19H25ClN4O2/c1-3-24(4-2)19(25)14-8-10-23(11-9-14)13-17-21-18(22-26-17)15-6-5-7-16(20)12-15/h5-7,12,14H,3-4,8-11,13H2,1-2H3. The maximum Gasteiger partial charge on any atom is 0.241 e. The van der Waals surface area contributed by atoms with Crippen LogP contribution in [-0.4, -0.2) is 52.0 Å². The summed E-state index contributed by atoms with van der Waals surface area (Å²) in [6.07, 6.45) is 1.76. The van der Waals surface area contributed by atoms with Crippen molar-refractivity contribution >= 4 is 17.5 Å². The SMILES string of the molecule is CCN(CC)C(=O)C1CCN(Cc2nc(-c3cccc(Cl)c3)no2)CC1. The van der Waals surface area contributed by atoms with Gasteiger partial charge in [0.25, 0.3) is 0 Å². The number of carbonyl (C=O) groups excluding carboxylic acids is 1. The lowest BCUT2D eigenvalue weighted by atomic mass is 9.95. The van der Waals surface area contributed by atoms with E-state index in [1.54, 1.807) is 0 Å². The minimum atomic E-state index is 0.135. The zero-order valence-corrected chi connectivity index (χ0v) is 16.1. The van der Waals surface area contributed by atoms with Crippen LogP contribution in [0.4, 0.5) is 0 Å². The van der Waals surface area contributed by atoms with Gasteiger partial charge >= 0.3 is 0 Å². The second kappa shape index (κ2) is 8.64. The summed E-state index contributed by atoms with van der Waals surface area (Å²) in [6, 6.07) is 7.41. The van der Waals surface area contributed by atoms with Gasteiger partial charge in [-0.2, -0.15) is 4.98 Å². The molecule has 1 amide bonds. The van der Waals surface area contributed by atoms with Crippen molar-refractivity contribution in [2.75, 3.05) is 26.2 Å². The van der Waals surface area contributed by atoms with Crippen LogP contribution in [0.2, 0.25) is 5.02 Å². The monoisotopic (exact) mass is 376 g/mol. The fraction of sp³-hybridized carbons (Fsp3) is 0.526. The molecule has 0 atom stereocenters. The maximum absolute atomic E-state index is 12.5. The minimum Gasteiger partial charge on any atom is -0.343 e. The lowest BCUT2D eigenvalue weighted by molar-refractivity contribution is -0.136. The maximum atomic E-state index is 12.5. The van der Waals surface area contributed by atoms with Gasteiger partial charge in [-0.25, -0.2) is 0 Å². The molecule has 0 aliphatic carbocycles. The number of halogens is 1. The molecule has 2 heterocycles. The molecular weight excluding hydrogens is 352 g/mol. The number of amides is 1. The molecule has 0 N–H and O–H groups in total. The molecule has 140 valence electrons. The highest BCUT2D eigenvalue weighted by atomic mass is 35.5. The summed E-state index contributed by atoms with van der Waals surface area (Å²) in [5.74, 6) is 1.56. The third kappa shape index (κ3) is 4.43. The van der Waals surface area contributed by atoms with Gasteiger partial charge in [-0.05, 0) is 51.9 Å². The Hall–Kier alpha value is -1.92. The first-order chi connectivity index (χ1) is 12.6. The minimum absolute atomic E-state index is 0.135. The highest BCUT2D eigenvalue weighted by Crippen LogP contribution is 2.23. The van der Waals surface area contributed by atoms with E-state index in [1.807, 2.05) is 43.0 Å². The topological polar surface area (TPSA) is 62.5 Å². The Balaban J connectivity index is 1.55. The van der Waals surface area contributed by atoms with Crippen molar-refractivity contribution in [1.82, 2.24) is 19.9 Å². The Morgan fingerprint density at radius 2 is 2.04 bits per heavy atom. The first kappa shape index (κ1) is 18.9. The van der Waals surface area contributed by atoms with Gasteiger partial charge in [0.15, 0.2) is 0 Å². The van der Waals surface area contributed by atoms with Crippen LogP contribution >= 0.6 is 11.6 Å². The van der Waals surface area contributed by atoms with Crippen molar-refractivity contribution < 1.29 is 9.32 Å². The second-order valence-electron chi connectivity index (χ2n) is 6.58. The summed E-state index contributed by atoms with van der Waals surface area (Å²) in [5, 5.41) is 4.70. The Labute approximate surface area is 159 Å². The van der Waals surface area contributed by atoms with Gasteiger partial charge in [0.05, 0.1) is 6.54 Å². The molecule has 0 unspecified atom stereocenters. The molecule has 1 aliphatic heterocycles. The molecule has 1 saturated heterocycles. The molecule has 0 bridgehead atoms. The first-order valence-electron chi connectivity index (χ1n) is 9.20. The van der Waals surface area contributed by atoms with E-state index >= 15 is 0 Å². The van der Waals surface area contributed by atoms with Crippen molar-refractivity contribution in [3.8, 4) is 11.4 Å². The molecule has 1 aromatic carbocycles. The molecule has 3 rings (SSSR count). The Kier molecular flexibility index (Phi) is 6.27. The van der Waals surface area contributed by atoms with Crippen LogP contribution in [0.3, 0.4) is 0 Å². The van der Waals surface area contributed by atoms with Crippen molar-refractivity contribution in [2.45, 2.75) is 33.2 Å². The van der Waals surface area contributed by atoms with Crippen LogP contribution in [-0.2, 0) is 11.3 Å². The van der Waals surface area contributed by atoms with Crippen LogP contribution in [0.25, 0.3) is 11.4 Å². The summed E-state index contributed by atoms with van der Waals surface area (Å²) >= 11 is 6.01. The van der Waals surface area contributed by atoms with E-state index in [9.17, 15) is 4.79 Å². The zero-order chi connectivity index (χ0) is 18.5. The number of hydrogen-bond donors (Lipinski definition) is 0. The Morgan fingerprint density at radius 1 is 1.31 bits per heavy atom. The largest absolute Gasteiger partial charge is 0.343 e. The molecule has 1 aliphatic rings. The quantitative estimate of drug-likeness (QED) is 0.772. The van der Waals surface area contributed by atoms with Crippen molar-refractivity contribution in [2.24, 2.45) is 5.92 Å². The number of aromatic nitrogens is 2. The smallest absolute Gasteiger partial charge is 0.241 e. The number of likely N-dealkylation sites (tertiary alicyclic amines) is 1. The van der Waals surface area contributed by atoms with Gasteiger partial charge in [-0.15, -0.1) is 0 Å². The molecule has 26 heavy (non-hydrogen) atoms. The van der Waals surface area contributed by atoms with Gasteiger partial charge < -0.3 is 9.42 Å². The van der Waals surface area contributed by atoms with Crippen LogP contribution in [0.5, 0.6) is 0 Å². The van der Waals surface area contributed by atoms with Gasteiger partial charge in [0.2, 0.25) is 17.6 Å². The summed E-state index contributed by atoms with van der Waals surface area (Å²) in [6.45, 7) is 7.97. The van der Waals surface area contributed by atoms with Crippen LogP contribution in [0.1, 0.15) is 32.6 Å². The predicted octanol–water partition coefficient (Wildman–Crippen LogP) is 3.47. The van der Waals surface area contributed by atoms with Crippen LogP contribution in [0.15, 0.2) is 28.8 Å². The number of hydrogen-bond acceptors (Lipinski definition) is 5. The highest BCUT2D eigenvalue weighted by molar-refractivity contribution is 6.30. The van der Waals surface area contributed by atoms with Crippen molar-refractivity contribution in [3.05, 3.63) is 35.2 Å². The summed E-state index contributed by atoms with van der Waals surface area (Å²) < 4.78 is 5.39. The van der Waals surface area contributed by atoms with Crippen LogP contribution < -0.4 is 0 Å². The molecule has 1 fully saturated rings. The number of benzene rings is 1. The molecule has 6 nitrogen and oxygen atoms in total. The highest BCUT2D eigenvalue weighted by Gasteiger charge is 2.28. The number of nitrogens with zero attached hydrogens (tertiary/aromatic N) is 4. The average Bonchev–Trinajstić information content (AvgIpc) is 3.12. The van der Waals surface area contributed by atoms with E-state index in [2.05, 4.69) is 15.0 Å². The Morgan fingerprint density at radius 3 is 2.69 bits per heavy atom. The third-order valence-corrected chi connectivity index (χ3v) is 5.16. The molecular formula is C19H25ClN4O2. The molecule has 0 saturated carbocycles. The zero-order valence-electron chi connectivity index (χ0n) is 15.3. The van der Waals surface area contributed by atoms with E-state index in [4.69, 9.17) is 16.1 Å².